The van der Waals surface area contributed by atoms with Gasteiger partial charge in [0, 0.05) is 16.9 Å². The molecule has 1 saturated heterocycles. The fraction of sp³-hybridized carbons (Fsp3) is 0.571. The second kappa shape index (κ2) is 8.80. The van der Waals surface area contributed by atoms with Crippen LogP contribution >= 0.6 is 28.3 Å². The lowest BCUT2D eigenvalue weighted by molar-refractivity contribution is 0.0552. The van der Waals surface area contributed by atoms with Crippen LogP contribution in [0.25, 0.3) is 0 Å². The highest BCUT2D eigenvalue weighted by atomic mass is 79.9. The zero-order valence-electron chi connectivity index (χ0n) is 11.1. The zero-order chi connectivity index (χ0) is 13.7. The summed E-state index contributed by atoms with van der Waals surface area (Å²) in [5.74, 6) is 1.17. The van der Waals surface area contributed by atoms with Crippen LogP contribution in [0.4, 0.5) is 8.78 Å². The van der Waals surface area contributed by atoms with Crippen molar-refractivity contribution < 1.29 is 13.5 Å². The van der Waals surface area contributed by atoms with Crippen molar-refractivity contribution in [2.45, 2.75) is 19.3 Å². The van der Waals surface area contributed by atoms with E-state index in [1.807, 2.05) is 29.2 Å². The van der Waals surface area contributed by atoms with Gasteiger partial charge in [0.2, 0.25) is 0 Å². The second-order valence-corrected chi connectivity index (χ2v) is 5.84. The van der Waals surface area contributed by atoms with E-state index in [1.165, 1.54) is 0 Å². The van der Waals surface area contributed by atoms with Crippen LogP contribution in [0, 0.1) is 5.92 Å². The Kier molecular flexibility index (Phi) is 7.77. The number of benzene rings is 1. The van der Waals surface area contributed by atoms with Gasteiger partial charge < -0.3 is 4.74 Å². The first-order chi connectivity index (χ1) is 9.13. The predicted molar refractivity (Wildman–Crippen MR) is 82.1 cm³/mol. The van der Waals surface area contributed by atoms with Gasteiger partial charge in [0.1, 0.15) is 5.75 Å². The summed E-state index contributed by atoms with van der Waals surface area (Å²) in [6, 6.07) is 7.67. The molecule has 1 aromatic carbocycles. The number of alkyl halides is 2. The van der Waals surface area contributed by atoms with Crippen molar-refractivity contribution in [2.75, 3.05) is 26.2 Å². The second-order valence-electron chi connectivity index (χ2n) is 4.92. The highest BCUT2D eigenvalue weighted by molar-refractivity contribution is 9.10. The van der Waals surface area contributed by atoms with E-state index in [-0.39, 0.29) is 19.0 Å². The average Bonchev–Trinajstić information content (AvgIpc) is 2.38. The van der Waals surface area contributed by atoms with Crippen LogP contribution in [-0.2, 0) is 0 Å². The predicted octanol–water partition coefficient (Wildman–Crippen LogP) is 4.23. The van der Waals surface area contributed by atoms with E-state index in [0.29, 0.717) is 19.1 Å². The molecule has 2 rings (SSSR count). The monoisotopic (exact) mass is 369 g/mol. The minimum absolute atomic E-state index is 0. The van der Waals surface area contributed by atoms with E-state index in [0.717, 1.165) is 29.6 Å². The highest BCUT2D eigenvalue weighted by Gasteiger charge is 2.22. The molecule has 0 spiro atoms. The summed E-state index contributed by atoms with van der Waals surface area (Å²) in [6.45, 7) is 1.97. The van der Waals surface area contributed by atoms with Gasteiger partial charge in [0.05, 0.1) is 13.2 Å². The minimum atomic E-state index is -2.24. The topological polar surface area (TPSA) is 12.5 Å². The van der Waals surface area contributed by atoms with Crippen molar-refractivity contribution >= 4 is 28.3 Å². The van der Waals surface area contributed by atoms with Gasteiger partial charge >= 0.3 is 0 Å². The fourth-order valence-corrected chi connectivity index (χ4v) is 2.66. The summed E-state index contributed by atoms with van der Waals surface area (Å²) < 4.78 is 31.4. The molecule has 20 heavy (non-hydrogen) atoms. The van der Waals surface area contributed by atoms with Crippen molar-refractivity contribution in [1.82, 2.24) is 4.90 Å². The molecule has 1 aliphatic rings. The van der Waals surface area contributed by atoms with Gasteiger partial charge in [0.25, 0.3) is 6.43 Å². The van der Waals surface area contributed by atoms with Crippen molar-refractivity contribution in [2.24, 2.45) is 5.92 Å². The van der Waals surface area contributed by atoms with Gasteiger partial charge in [-0.05, 0) is 43.7 Å². The normalized spacial score (nSPS) is 19.7. The molecule has 1 fully saturated rings. The summed E-state index contributed by atoms with van der Waals surface area (Å²) in [6.07, 6.45) is -0.219. The molecule has 0 unspecified atom stereocenters. The van der Waals surface area contributed by atoms with E-state index < -0.39 is 6.43 Å². The number of rotatable bonds is 5. The molecule has 2 nitrogen and oxygen atoms in total. The lowest BCUT2D eigenvalue weighted by Crippen LogP contribution is -2.40. The Morgan fingerprint density at radius 1 is 1.30 bits per heavy atom. The maximum absolute atomic E-state index is 12.4. The molecular weight excluding hydrogens is 352 g/mol. The Bertz CT molecular complexity index is 391. The standard InChI is InChI=1S/C14H18BrF2NO.ClH/c15-12-3-5-13(6-4-12)19-10-11-2-1-7-18(8-11)9-14(16)17;/h3-6,11,14H,1-2,7-10H2;1H/t11-;/m1./s1. The fourth-order valence-electron chi connectivity index (χ4n) is 2.39. The first kappa shape index (κ1) is 17.7. The summed E-state index contributed by atoms with van der Waals surface area (Å²) in [4.78, 5) is 1.84. The molecule has 114 valence electrons. The molecule has 6 heteroatoms. The SMILES string of the molecule is Cl.FC(F)CN1CCC[C@@H](COc2ccc(Br)cc2)C1. The first-order valence-corrected chi connectivity index (χ1v) is 7.31. The van der Waals surface area contributed by atoms with Crippen LogP contribution in [0.1, 0.15) is 12.8 Å². The summed E-state index contributed by atoms with van der Waals surface area (Å²) in [5, 5.41) is 0. The van der Waals surface area contributed by atoms with Gasteiger partial charge in [-0.15, -0.1) is 12.4 Å². The van der Waals surface area contributed by atoms with Gasteiger partial charge in [0.15, 0.2) is 0 Å². The Morgan fingerprint density at radius 2 is 2.00 bits per heavy atom. The number of ether oxygens (including phenoxy) is 1. The summed E-state index contributed by atoms with van der Waals surface area (Å²) >= 11 is 3.37. The Morgan fingerprint density at radius 3 is 2.65 bits per heavy atom. The molecule has 0 bridgehead atoms. The third kappa shape index (κ3) is 5.94. The van der Waals surface area contributed by atoms with E-state index in [2.05, 4.69) is 15.9 Å². The zero-order valence-corrected chi connectivity index (χ0v) is 13.5. The lowest BCUT2D eigenvalue weighted by Gasteiger charge is -2.32. The molecule has 0 aromatic heterocycles. The van der Waals surface area contributed by atoms with Crippen LogP contribution in [0.3, 0.4) is 0 Å². The molecule has 0 radical (unpaired) electrons. The average molecular weight is 371 g/mol. The number of hydrogen-bond donors (Lipinski definition) is 0. The van der Waals surface area contributed by atoms with Crippen molar-refractivity contribution in [3.63, 3.8) is 0 Å². The Balaban J connectivity index is 0.00000200. The number of piperidine rings is 1. The van der Waals surface area contributed by atoms with Gasteiger partial charge in [-0.25, -0.2) is 8.78 Å². The molecule has 0 amide bonds. The summed E-state index contributed by atoms with van der Waals surface area (Å²) in [5.41, 5.74) is 0. The smallest absolute Gasteiger partial charge is 0.251 e. The number of nitrogens with zero attached hydrogens (tertiary/aromatic N) is 1. The molecule has 0 aliphatic carbocycles. The quantitative estimate of drug-likeness (QED) is 0.769. The maximum Gasteiger partial charge on any atom is 0.251 e. The molecule has 1 aliphatic heterocycles. The van der Waals surface area contributed by atoms with E-state index in [9.17, 15) is 8.78 Å². The molecular formula is C14H19BrClF2NO. The lowest BCUT2D eigenvalue weighted by atomic mass is 9.99. The van der Waals surface area contributed by atoms with Crippen LogP contribution < -0.4 is 4.74 Å². The van der Waals surface area contributed by atoms with Crippen molar-refractivity contribution in [3.05, 3.63) is 28.7 Å². The van der Waals surface area contributed by atoms with E-state index >= 15 is 0 Å². The number of halogens is 4. The van der Waals surface area contributed by atoms with Crippen LogP contribution in [0.5, 0.6) is 5.75 Å². The molecule has 1 atom stereocenters. The van der Waals surface area contributed by atoms with Gasteiger partial charge in [-0.3, -0.25) is 4.90 Å². The van der Waals surface area contributed by atoms with Crippen LogP contribution in [0.15, 0.2) is 28.7 Å². The largest absolute Gasteiger partial charge is 0.493 e. The molecule has 1 aromatic rings. The molecule has 1 heterocycles. The number of hydrogen-bond acceptors (Lipinski definition) is 2. The minimum Gasteiger partial charge on any atom is -0.493 e. The van der Waals surface area contributed by atoms with E-state index in [1.54, 1.807) is 0 Å². The van der Waals surface area contributed by atoms with Crippen molar-refractivity contribution in [1.29, 1.82) is 0 Å². The van der Waals surface area contributed by atoms with Gasteiger partial charge in [-0.2, -0.15) is 0 Å². The maximum atomic E-state index is 12.4. The third-order valence-electron chi connectivity index (χ3n) is 3.30. The third-order valence-corrected chi connectivity index (χ3v) is 3.83. The summed E-state index contributed by atoms with van der Waals surface area (Å²) in [7, 11) is 0. The first-order valence-electron chi connectivity index (χ1n) is 6.52. The van der Waals surface area contributed by atoms with Crippen LogP contribution in [-0.4, -0.2) is 37.6 Å². The van der Waals surface area contributed by atoms with Crippen molar-refractivity contribution in [3.8, 4) is 5.75 Å². The van der Waals surface area contributed by atoms with E-state index in [4.69, 9.17) is 4.74 Å². The van der Waals surface area contributed by atoms with Gasteiger partial charge in [-0.1, -0.05) is 15.9 Å². The Labute approximate surface area is 133 Å². The molecule has 0 saturated carbocycles. The highest BCUT2D eigenvalue weighted by Crippen LogP contribution is 2.20. The number of likely N-dealkylation sites (tertiary alicyclic amines) is 1. The molecule has 0 N–H and O–H groups in total. The van der Waals surface area contributed by atoms with Crippen LogP contribution in [0.2, 0.25) is 0 Å². The Hall–Kier alpha value is -0.390.